The van der Waals surface area contributed by atoms with Crippen LogP contribution in [0.3, 0.4) is 0 Å². The molecule has 4 atom stereocenters. The van der Waals surface area contributed by atoms with Gasteiger partial charge >= 0.3 is 12.0 Å². The molecular weight excluding hydrogens is 640 g/mol. The fourth-order valence-corrected chi connectivity index (χ4v) is 5.87. The molecule has 0 spiro atoms. The maximum absolute atomic E-state index is 14.4. The number of amides is 3. The Balaban J connectivity index is 1.56. The molecule has 3 aromatic carbocycles. The van der Waals surface area contributed by atoms with E-state index in [0.717, 1.165) is 24.8 Å². The lowest BCUT2D eigenvalue weighted by Gasteiger charge is -2.36. The molecule has 0 radical (unpaired) electrons. The van der Waals surface area contributed by atoms with Gasteiger partial charge in [0.15, 0.2) is 0 Å². The number of aliphatic hydroxyl groups excluding tert-OH is 1. The van der Waals surface area contributed by atoms with Gasteiger partial charge in [-0.1, -0.05) is 19.1 Å². The molecule has 1 heterocycles. The van der Waals surface area contributed by atoms with Gasteiger partial charge in [-0.15, -0.1) is 0 Å². The van der Waals surface area contributed by atoms with Gasteiger partial charge in [0.25, 0.3) is 5.91 Å². The molecule has 0 saturated heterocycles. The lowest BCUT2D eigenvalue weighted by molar-refractivity contribution is -0.0177. The van der Waals surface area contributed by atoms with Crippen LogP contribution in [0.4, 0.5) is 16.2 Å². The second-order valence-electron chi connectivity index (χ2n) is 13.0. The Kier molecular flexibility index (Phi) is 14.0. The Bertz CT molecular complexity index is 1570. The number of carbonyl (C=O) groups is 3. The number of rotatable bonds is 10. The number of methoxy groups -OCH3 is 1. The maximum Gasteiger partial charge on any atom is 0.335 e. The zero-order valence-electron chi connectivity index (χ0n) is 29.6. The van der Waals surface area contributed by atoms with Crippen molar-refractivity contribution in [3.8, 4) is 11.5 Å². The third kappa shape index (κ3) is 10.9. The molecule has 12 nitrogen and oxygen atoms in total. The molecule has 1 aliphatic rings. The van der Waals surface area contributed by atoms with Crippen molar-refractivity contribution >= 4 is 29.3 Å². The molecule has 50 heavy (non-hydrogen) atoms. The predicted octanol–water partition coefficient (Wildman–Crippen LogP) is 5.96. The van der Waals surface area contributed by atoms with E-state index >= 15 is 0 Å². The van der Waals surface area contributed by atoms with E-state index in [2.05, 4.69) is 15.5 Å². The first-order valence-electron chi connectivity index (χ1n) is 17.0. The summed E-state index contributed by atoms with van der Waals surface area (Å²) in [6, 6.07) is 17.8. The summed E-state index contributed by atoms with van der Waals surface area (Å²) in [6.45, 7) is 7.57. The Labute approximate surface area is 294 Å². The second-order valence-corrected chi connectivity index (χ2v) is 13.0. The zero-order valence-corrected chi connectivity index (χ0v) is 29.6. The highest BCUT2D eigenvalue weighted by molar-refractivity contribution is 6.02. The van der Waals surface area contributed by atoms with E-state index in [-0.39, 0.29) is 41.8 Å². The van der Waals surface area contributed by atoms with Crippen molar-refractivity contribution in [2.45, 2.75) is 64.8 Å². The number of aliphatic hydroxyl groups is 1. The van der Waals surface area contributed by atoms with Crippen LogP contribution >= 0.6 is 0 Å². The molecule has 1 aliphatic heterocycles. The molecule has 0 bridgehead atoms. The standard InChI is InChI=1S/C38H50N4O8/c1-25-21-42(26(2)24-43)36(44)33-20-31(40-38(47)39-30-13-16-32(48-5)17-14-30)15-18-34(33)50-27(3)8-6-7-19-49-35(25)23-41(4)22-28-9-11-29(12-10-28)37(45)46/h9-18,20,25-27,35,43H,6-8,19,21-24H2,1-5H3,(H,45,46)(H2,39,40,47)/t25-,26+,27+,35+/m0/s1. The van der Waals surface area contributed by atoms with Crippen LogP contribution in [0.25, 0.3) is 0 Å². The molecule has 0 fully saturated rings. The van der Waals surface area contributed by atoms with E-state index in [9.17, 15) is 24.6 Å². The molecule has 3 amide bonds. The topological polar surface area (TPSA) is 150 Å². The van der Waals surface area contributed by atoms with Crippen LogP contribution in [0.5, 0.6) is 11.5 Å². The van der Waals surface area contributed by atoms with Gasteiger partial charge in [0.2, 0.25) is 0 Å². The lowest BCUT2D eigenvalue weighted by atomic mass is 10.0. The molecule has 4 N–H and O–H groups in total. The van der Waals surface area contributed by atoms with Gasteiger partial charge in [0.05, 0.1) is 43.1 Å². The number of benzene rings is 3. The normalized spacial score (nSPS) is 19.5. The Morgan fingerprint density at radius 3 is 2.36 bits per heavy atom. The monoisotopic (exact) mass is 690 g/mol. The van der Waals surface area contributed by atoms with Crippen molar-refractivity contribution in [2.75, 3.05) is 51.1 Å². The van der Waals surface area contributed by atoms with Gasteiger partial charge in [0, 0.05) is 43.5 Å². The third-order valence-electron chi connectivity index (χ3n) is 8.80. The average molecular weight is 691 g/mol. The molecular formula is C38H50N4O8. The quantitative estimate of drug-likeness (QED) is 0.202. The minimum Gasteiger partial charge on any atom is -0.497 e. The first-order valence-corrected chi connectivity index (χ1v) is 17.0. The summed E-state index contributed by atoms with van der Waals surface area (Å²) in [5.74, 6) is -0.338. The number of carboxylic acids is 1. The molecule has 0 unspecified atom stereocenters. The first-order chi connectivity index (χ1) is 24.0. The Hall–Kier alpha value is -4.65. The first kappa shape index (κ1) is 38.2. The number of carboxylic acid groups (broad SMARTS) is 1. The molecule has 4 rings (SSSR count). The number of likely N-dealkylation sites (N-methyl/N-ethyl adjacent to an activating group) is 1. The van der Waals surface area contributed by atoms with Crippen molar-refractivity contribution < 1.29 is 38.8 Å². The number of nitrogens with one attached hydrogen (secondary N) is 2. The highest BCUT2D eigenvalue weighted by Crippen LogP contribution is 2.29. The number of fused-ring (bicyclic) bond motifs is 1. The van der Waals surface area contributed by atoms with Crippen molar-refractivity contribution in [3.05, 3.63) is 83.4 Å². The minimum atomic E-state index is -0.964. The van der Waals surface area contributed by atoms with Crippen LogP contribution in [0.1, 0.15) is 66.3 Å². The molecule has 0 aromatic heterocycles. The summed E-state index contributed by atoms with van der Waals surface area (Å²) < 4.78 is 17.9. The average Bonchev–Trinajstić information content (AvgIpc) is 3.10. The van der Waals surface area contributed by atoms with Gasteiger partial charge in [-0.25, -0.2) is 9.59 Å². The fraction of sp³-hybridized carbons (Fsp3) is 0.447. The summed E-state index contributed by atoms with van der Waals surface area (Å²) in [7, 11) is 3.56. The number of ether oxygens (including phenoxy) is 3. The number of nitrogens with zero attached hydrogens (tertiary/aromatic N) is 2. The van der Waals surface area contributed by atoms with Crippen molar-refractivity contribution in [2.24, 2.45) is 5.92 Å². The van der Waals surface area contributed by atoms with Crippen LogP contribution in [0.2, 0.25) is 0 Å². The number of urea groups is 1. The fourth-order valence-electron chi connectivity index (χ4n) is 5.87. The van der Waals surface area contributed by atoms with Crippen LogP contribution in [0.15, 0.2) is 66.7 Å². The van der Waals surface area contributed by atoms with Gasteiger partial charge in [-0.05, 0) is 100 Å². The predicted molar refractivity (Wildman–Crippen MR) is 192 cm³/mol. The SMILES string of the molecule is COc1ccc(NC(=O)Nc2ccc3c(c2)C(=O)N([C@H](C)CO)C[C@H](C)[C@@H](CN(C)Cc2ccc(C(=O)O)cc2)OCCCC[C@@H](C)O3)cc1. The molecule has 270 valence electrons. The smallest absolute Gasteiger partial charge is 0.335 e. The van der Waals surface area contributed by atoms with E-state index < -0.39 is 18.0 Å². The molecule has 0 saturated carbocycles. The van der Waals surface area contributed by atoms with Gasteiger partial charge in [-0.2, -0.15) is 0 Å². The summed E-state index contributed by atoms with van der Waals surface area (Å²) >= 11 is 0. The van der Waals surface area contributed by atoms with Gasteiger partial charge in [-0.3, -0.25) is 9.69 Å². The summed E-state index contributed by atoms with van der Waals surface area (Å²) in [6.07, 6.45) is 2.05. The highest BCUT2D eigenvalue weighted by Gasteiger charge is 2.30. The molecule has 3 aromatic rings. The third-order valence-corrected chi connectivity index (χ3v) is 8.80. The maximum atomic E-state index is 14.4. The van der Waals surface area contributed by atoms with Crippen LogP contribution < -0.4 is 20.1 Å². The van der Waals surface area contributed by atoms with E-state index in [4.69, 9.17) is 14.2 Å². The number of anilines is 2. The van der Waals surface area contributed by atoms with E-state index in [1.165, 1.54) is 0 Å². The van der Waals surface area contributed by atoms with Crippen molar-refractivity contribution in [1.82, 2.24) is 9.80 Å². The van der Waals surface area contributed by atoms with E-state index in [0.29, 0.717) is 49.1 Å². The molecule has 12 heteroatoms. The Morgan fingerprint density at radius 2 is 1.70 bits per heavy atom. The van der Waals surface area contributed by atoms with Crippen molar-refractivity contribution in [1.29, 1.82) is 0 Å². The Morgan fingerprint density at radius 1 is 1.02 bits per heavy atom. The number of aromatic carboxylic acids is 1. The highest BCUT2D eigenvalue weighted by atomic mass is 16.5. The largest absolute Gasteiger partial charge is 0.497 e. The van der Waals surface area contributed by atoms with Gasteiger partial charge in [0.1, 0.15) is 11.5 Å². The zero-order chi connectivity index (χ0) is 36.2. The van der Waals surface area contributed by atoms with Crippen LogP contribution in [0, 0.1) is 5.92 Å². The van der Waals surface area contributed by atoms with E-state index in [1.54, 1.807) is 73.5 Å². The number of carbonyl (C=O) groups excluding carboxylic acids is 2. The molecule has 0 aliphatic carbocycles. The summed E-state index contributed by atoms with van der Waals surface area (Å²) in [5, 5.41) is 25.1. The second kappa shape index (κ2) is 18.4. The summed E-state index contributed by atoms with van der Waals surface area (Å²) in [4.78, 5) is 42.3. The minimum absolute atomic E-state index is 0.118. The summed E-state index contributed by atoms with van der Waals surface area (Å²) in [5.41, 5.74) is 2.48. The number of hydrogen-bond donors (Lipinski definition) is 4. The lowest BCUT2D eigenvalue weighted by Crippen LogP contribution is -2.47. The number of hydrogen-bond acceptors (Lipinski definition) is 8. The van der Waals surface area contributed by atoms with E-state index in [1.807, 2.05) is 33.0 Å². The van der Waals surface area contributed by atoms with Gasteiger partial charge < -0.3 is 40.0 Å². The van der Waals surface area contributed by atoms with Crippen molar-refractivity contribution in [3.63, 3.8) is 0 Å². The van der Waals surface area contributed by atoms with Crippen LogP contribution in [-0.4, -0.2) is 96.6 Å². The van der Waals surface area contributed by atoms with Crippen LogP contribution in [-0.2, 0) is 11.3 Å².